The molecule has 1 fully saturated rings. The van der Waals surface area contributed by atoms with E-state index in [0.29, 0.717) is 11.4 Å². The molecule has 172 valence electrons. The summed E-state index contributed by atoms with van der Waals surface area (Å²) in [4.78, 5) is 27.0. The van der Waals surface area contributed by atoms with E-state index < -0.39 is 34.2 Å². The van der Waals surface area contributed by atoms with Crippen LogP contribution in [0.15, 0.2) is 57.9 Å². The van der Waals surface area contributed by atoms with E-state index in [2.05, 4.69) is 15.9 Å². The van der Waals surface area contributed by atoms with Crippen molar-refractivity contribution in [1.29, 1.82) is 0 Å². The largest absolute Gasteiger partial charge is 0.497 e. The van der Waals surface area contributed by atoms with Crippen molar-refractivity contribution < 1.29 is 32.2 Å². The summed E-state index contributed by atoms with van der Waals surface area (Å²) in [5.41, 5.74) is 0.363. The van der Waals surface area contributed by atoms with E-state index in [1.165, 1.54) is 45.6 Å². The van der Waals surface area contributed by atoms with Gasteiger partial charge in [-0.3, -0.25) is 9.59 Å². The zero-order valence-corrected chi connectivity index (χ0v) is 20.1. The molecule has 1 aliphatic heterocycles. The molecule has 1 saturated heterocycles. The Hall–Kier alpha value is -2.31. The molecule has 3 rings (SSSR count). The van der Waals surface area contributed by atoms with Gasteiger partial charge in [-0.05, 0) is 48.5 Å². The average molecular weight is 527 g/mol. The Bertz CT molecular complexity index is 1070. The lowest BCUT2D eigenvalue weighted by atomic mass is 10.2. The lowest BCUT2D eigenvalue weighted by Gasteiger charge is -2.29. The fourth-order valence-corrected chi connectivity index (χ4v) is 5.20. The normalized spacial score (nSPS) is 16.9. The number of halogens is 1. The van der Waals surface area contributed by atoms with Crippen molar-refractivity contribution in [3.63, 3.8) is 0 Å². The number of ether oxygens (including phenoxy) is 3. The van der Waals surface area contributed by atoms with Gasteiger partial charge < -0.3 is 14.2 Å². The molecular formula is C21H23BrN2O7S. The smallest absolute Gasteiger partial charge is 0.252 e. The van der Waals surface area contributed by atoms with Crippen LogP contribution in [0.2, 0.25) is 0 Å². The summed E-state index contributed by atoms with van der Waals surface area (Å²) in [6.45, 7) is -0.279. The fraction of sp³-hybridized carbons (Fsp3) is 0.333. The van der Waals surface area contributed by atoms with Crippen molar-refractivity contribution in [2.24, 2.45) is 0 Å². The minimum atomic E-state index is -4.18. The lowest BCUT2D eigenvalue weighted by molar-refractivity contribution is -0.125. The Balaban J connectivity index is 2.00. The number of carbonyl (C=O) groups excluding carboxylic acids is 2. The first-order chi connectivity index (χ1) is 15.2. The summed E-state index contributed by atoms with van der Waals surface area (Å²) in [7, 11) is 0.0129. The van der Waals surface area contributed by atoms with Gasteiger partial charge in [0.05, 0.1) is 30.7 Å². The van der Waals surface area contributed by atoms with Crippen LogP contribution in [0.5, 0.6) is 5.75 Å². The highest BCUT2D eigenvalue weighted by Crippen LogP contribution is 2.31. The molecule has 2 amide bonds. The van der Waals surface area contributed by atoms with Crippen molar-refractivity contribution in [3.05, 3.63) is 53.0 Å². The maximum atomic E-state index is 13.5. The van der Waals surface area contributed by atoms with Crippen LogP contribution in [-0.4, -0.2) is 64.7 Å². The van der Waals surface area contributed by atoms with E-state index in [-0.39, 0.29) is 17.9 Å². The zero-order valence-electron chi connectivity index (χ0n) is 17.7. The van der Waals surface area contributed by atoms with Gasteiger partial charge in [-0.15, -0.1) is 0 Å². The maximum Gasteiger partial charge on any atom is 0.252 e. The SMILES string of the molecule is COc1ccc(S(=O)(=O)N(CC(OC)OC)C2CC(=O)N(c3ccc(Br)cc3)C2=O)cc1. The quantitative estimate of drug-likeness (QED) is 0.365. The molecule has 1 atom stereocenters. The number of anilines is 1. The Morgan fingerprint density at radius 2 is 1.62 bits per heavy atom. The van der Waals surface area contributed by atoms with Gasteiger partial charge in [-0.25, -0.2) is 13.3 Å². The van der Waals surface area contributed by atoms with Gasteiger partial charge in [0, 0.05) is 18.7 Å². The van der Waals surface area contributed by atoms with Crippen LogP contribution in [0.3, 0.4) is 0 Å². The topological polar surface area (TPSA) is 102 Å². The number of nitrogens with zero attached hydrogens (tertiary/aromatic N) is 2. The van der Waals surface area contributed by atoms with Crippen molar-refractivity contribution in [3.8, 4) is 5.75 Å². The number of carbonyl (C=O) groups is 2. The van der Waals surface area contributed by atoms with Gasteiger partial charge in [0.25, 0.3) is 5.91 Å². The molecule has 32 heavy (non-hydrogen) atoms. The molecular weight excluding hydrogens is 504 g/mol. The Labute approximate surface area is 195 Å². The van der Waals surface area contributed by atoms with Crippen LogP contribution in [0, 0.1) is 0 Å². The molecule has 1 heterocycles. The number of benzene rings is 2. The van der Waals surface area contributed by atoms with E-state index in [4.69, 9.17) is 14.2 Å². The van der Waals surface area contributed by atoms with Gasteiger partial charge in [0.1, 0.15) is 11.8 Å². The third-order valence-electron chi connectivity index (χ3n) is 5.08. The number of hydrogen-bond donors (Lipinski definition) is 0. The standard InChI is InChI=1S/C21H23BrN2O7S/c1-29-16-8-10-17(11-9-16)32(27,28)23(13-20(30-2)31-3)18-12-19(25)24(21(18)26)15-6-4-14(22)5-7-15/h4-11,18,20H,12-13H2,1-3H3. The second kappa shape index (κ2) is 10.1. The summed E-state index contributed by atoms with van der Waals surface area (Å²) in [6.07, 6.45) is -1.24. The summed E-state index contributed by atoms with van der Waals surface area (Å²) in [5.74, 6) is -0.653. The third-order valence-corrected chi connectivity index (χ3v) is 7.49. The number of rotatable bonds is 9. The predicted molar refractivity (Wildman–Crippen MR) is 120 cm³/mol. The van der Waals surface area contributed by atoms with Crippen molar-refractivity contribution in [2.75, 3.05) is 32.8 Å². The predicted octanol–water partition coefficient (Wildman–Crippen LogP) is 2.40. The van der Waals surface area contributed by atoms with Crippen LogP contribution in [0.25, 0.3) is 0 Å². The Kier molecular flexibility index (Phi) is 7.67. The highest BCUT2D eigenvalue weighted by Gasteiger charge is 2.47. The second-order valence-corrected chi connectivity index (χ2v) is 9.72. The minimum absolute atomic E-state index is 0.0494. The molecule has 2 aromatic carbocycles. The van der Waals surface area contributed by atoms with Gasteiger partial charge >= 0.3 is 0 Å². The molecule has 0 aliphatic carbocycles. The van der Waals surface area contributed by atoms with Crippen molar-refractivity contribution in [1.82, 2.24) is 4.31 Å². The van der Waals surface area contributed by atoms with Gasteiger partial charge in [0.15, 0.2) is 6.29 Å². The second-order valence-electron chi connectivity index (χ2n) is 6.91. The van der Waals surface area contributed by atoms with Gasteiger partial charge in [-0.2, -0.15) is 4.31 Å². The number of sulfonamides is 1. The summed E-state index contributed by atoms with van der Waals surface area (Å²) in [5, 5.41) is 0. The third kappa shape index (κ3) is 4.86. The first-order valence-corrected chi connectivity index (χ1v) is 11.8. The molecule has 11 heteroatoms. The molecule has 0 aromatic heterocycles. The first-order valence-electron chi connectivity index (χ1n) is 9.56. The lowest BCUT2D eigenvalue weighted by Crippen LogP contribution is -2.49. The van der Waals surface area contributed by atoms with E-state index in [9.17, 15) is 18.0 Å². The van der Waals surface area contributed by atoms with E-state index in [0.717, 1.165) is 13.7 Å². The molecule has 0 radical (unpaired) electrons. The molecule has 1 unspecified atom stereocenters. The molecule has 2 aromatic rings. The van der Waals surface area contributed by atoms with Crippen LogP contribution < -0.4 is 9.64 Å². The zero-order chi connectivity index (χ0) is 23.5. The monoisotopic (exact) mass is 526 g/mol. The number of amides is 2. The molecule has 1 aliphatic rings. The molecule has 0 spiro atoms. The average Bonchev–Trinajstić information content (AvgIpc) is 3.08. The van der Waals surface area contributed by atoms with Crippen LogP contribution in [0.4, 0.5) is 5.69 Å². The Morgan fingerprint density at radius 3 is 2.16 bits per heavy atom. The fourth-order valence-electron chi connectivity index (χ4n) is 3.37. The van der Waals surface area contributed by atoms with E-state index >= 15 is 0 Å². The highest BCUT2D eigenvalue weighted by molar-refractivity contribution is 9.10. The van der Waals surface area contributed by atoms with Gasteiger partial charge in [0.2, 0.25) is 15.9 Å². The van der Waals surface area contributed by atoms with Gasteiger partial charge in [-0.1, -0.05) is 15.9 Å². The first kappa shape index (κ1) is 24.3. The highest BCUT2D eigenvalue weighted by atomic mass is 79.9. The summed E-state index contributed by atoms with van der Waals surface area (Å²) in [6, 6.07) is 11.1. The van der Waals surface area contributed by atoms with Crippen molar-refractivity contribution in [2.45, 2.75) is 23.6 Å². The Morgan fingerprint density at radius 1 is 1.03 bits per heavy atom. The number of hydrogen-bond acceptors (Lipinski definition) is 7. The number of imide groups is 1. The van der Waals surface area contributed by atoms with E-state index in [1.54, 1.807) is 24.3 Å². The van der Waals surface area contributed by atoms with Crippen molar-refractivity contribution >= 4 is 43.5 Å². The molecule has 0 saturated carbocycles. The molecule has 0 bridgehead atoms. The summed E-state index contributed by atoms with van der Waals surface area (Å²) >= 11 is 3.31. The summed E-state index contributed by atoms with van der Waals surface area (Å²) < 4.78 is 44.2. The van der Waals surface area contributed by atoms with Crippen LogP contribution in [0.1, 0.15) is 6.42 Å². The molecule has 9 nitrogen and oxygen atoms in total. The van der Waals surface area contributed by atoms with Crippen LogP contribution >= 0.6 is 15.9 Å². The molecule has 0 N–H and O–H groups in total. The maximum absolute atomic E-state index is 13.5. The van der Waals surface area contributed by atoms with E-state index in [1.807, 2.05) is 0 Å². The number of methoxy groups -OCH3 is 3. The minimum Gasteiger partial charge on any atom is -0.497 e. The van der Waals surface area contributed by atoms with Crippen LogP contribution in [-0.2, 0) is 29.1 Å².